The monoisotopic (exact) mass is 344 g/mol. The summed E-state index contributed by atoms with van der Waals surface area (Å²) in [5.74, 6) is 0.0732. The Bertz CT molecular complexity index is 595. The smallest absolute Gasteiger partial charge is 0.156 e. The number of hydrogen-bond donors (Lipinski definition) is 0. The van der Waals surface area contributed by atoms with Crippen LogP contribution < -0.4 is 0 Å². The topological polar surface area (TPSA) is 35.0 Å². The molecule has 0 amide bonds. The third-order valence-corrected chi connectivity index (χ3v) is 3.07. The van der Waals surface area contributed by atoms with Crippen molar-refractivity contribution in [3.63, 3.8) is 0 Å². The molecule has 0 unspecified atom stereocenters. The number of benzene rings is 1. The molecule has 0 spiro atoms. The largest absolute Gasteiger partial charge is 0.374 e. The fraction of sp³-hybridized carbons (Fsp3) is 0.231. The third-order valence-electron chi connectivity index (χ3n) is 2.38. The highest BCUT2D eigenvalue weighted by Gasteiger charge is 2.10. The molecule has 0 saturated carbocycles. The molecule has 0 aliphatic rings. The molecule has 6 heteroatoms. The zero-order valence-electron chi connectivity index (χ0n) is 10.2. The summed E-state index contributed by atoms with van der Waals surface area (Å²) in [5.41, 5.74) is 0.810. The number of rotatable bonds is 4. The summed E-state index contributed by atoms with van der Waals surface area (Å²) in [6, 6.07) is 6.18. The summed E-state index contributed by atoms with van der Waals surface area (Å²) in [6.45, 7) is 2.68. The highest BCUT2D eigenvalue weighted by molar-refractivity contribution is 9.10. The van der Waals surface area contributed by atoms with Crippen molar-refractivity contribution in [1.82, 2.24) is 9.97 Å². The average molecular weight is 346 g/mol. The van der Waals surface area contributed by atoms with Gasteiger partial charge in [0.1, 0.15) is 17.6 Å². The van der Waals surface area contributed by atoms with Crippen LogP contribution in [0.4, 0.5) is 4.39 Å². The van der Waals surface area contributed by atoms with E-state index in [0.29, 0.717) is 23.7 Å². The fourth-order valence-corrected chi connectivity index (χ4v) is 2.12. The minimum Gasteiger partial charge on any atom is -0.374 e. The lowest BCUT2D eigenvalue weighted by atomic mass is 10.1. The summed E-state index contributed by atoms with van der Waals surface area (Å²) < 4.78 is 19.8. The highest BCUT2D eigenvalue weighted by Crippen LogP contribution is 2.26. The predicted molar refractivity (Wildman–Crippen MR) is 75.5 cm³/mol. The van der Waals surface area contributed by atoms with Gasteiger partial charge >= 0.3 is 0 Å². The standard InChI is InChI=1S/C13H11BrClFN2O/c1-2-19-7-13-17-11(6-12(15)18-13)9-5-8(14)3-4-10(9)16/h3-6H,2,7H2,1H3. The Labute approximate surface area is 123 Å². The van der Waals surface area contributed by atoms with Crippen molar-refractivity contribution in [2.24, 2.45) is 0 Å². The van der Waals surface area contributed by atoms with Gasteiger partial charge in [0.15, 0.2) is 5.82 Å². The Kier molecular flexibility index (Phi) is 4.85. The van der Waals surface area contributed by atoms with Crippen LogP contribution in [0.5, 0.6) is 0 Å². The first-order chi connectivity index (χ1) is 9.10. The van der Waals surface area contributed by atoms with Gasteiger partial charge in [-0.15, -0.1) is 0 Å². The van der Waals surface area contributed by atoms with Crippen molar-refractivity contribution in [3.05, 3.63) is 45.5 Å². The number of nitrogens with zero attached hydrogens (tertiary/aromatic N) is 2. The van der Waals surface area contributed by atoms with E-state index in [0.717, 1.165) is 4.47 Å². The van der Waals surface area contributed by atoms with E-state index in [1.807, 2.05) is 6.92 Å². The molecule has 0 atom stereocenters. The summed E-state index contributed by atoms with van der Waals surface area (Å²) in [5, 5.41) is 0.263. The van der Waals surface area contributed by atoms with E-state index in [-0.39, 0.29) is 17.6 Å². The maximum absolute atomic E-state index is 13.8. The zero-order valence-corrected chi connectivity index (χ0v) is 12.5. The van der Waals surface area contributed by atoms with Crippen molar-refractivity contribution in [3.8, 4) is 11.3 Å². The van der Waals surface area contributed by atoms with E-state index < -0.39 is 0 Å². The van der Waals surface area contributed by atoms with Gasteiger partial charge in [0.05, 0.1) is 5.69 Å². The Morgan fingerprint density at radius 2 is 2.11 bits per heavy atom. The molecule has 100 valence electrons. The van der Waals surface area contributed by atoms with Gasteiger partial charge in [0.25, 0.3) is 0 Å². The van der Waals surface area contributed by atoms with Crippen LogP contribution >= 0.6 is 27.5 Å². The molecule has 0 saturated heterocycles. The van der Waals surface area contributed by atoms with Gasteiger partial charge in [0, 0.05) is 22.7 Å². The minimum absolute atomic E-state index is 0.250. The van der Waals surface area contributed by atoms with E-state index in [4.69, 9.17) is 16.3 Å². The maximum Gasteiger partial charge on any atom is 0.156 e. The van der Waals surface area contributed by atoms with Crippen LogP contribution in [0.1, 0.15) is 12.7 Å². The Morgan fingerprint density at radius 3 is 2.84 bits per heavy atom. The quantitative estimate of drug-likeness (QED) is 0.778. The van der Waals surface area contributed by atoms with Crippen molar-refractivity contribution in [2.45, 2.75) is 13.5 Å². The summed E-state index contributed by atoms with van der Waals surface area (Å²) in [6.07, 6.45) is 0. The molecular weight excluding hydrogens is 335 g/mol. The normalized spacial score (nSPS) is 10.7. The number of aromatic nitrogens is 2. The van der Waals surface area contributed by atoms with Crippen LogP contribution in [0.2, 0.25) is 5.15 Å². The molecule has 1 heterocycles. The van der Waals surface area contributed by atoms with Crippen molar-refractivity contribution in [1.29, 1.82) is 0 Å². The van der Waals surface area contributed by atoms with Crippen LogP contribution in [0, 0.1) is 5.82 Å². The summed E-state index contributed by atoms with van der Waals surface area (Å²) in [4.78, 5) is 8.31. The maximum atomic E-state index is 13.8. The van der Waals surface area contributed by atoms with Gasteiger partial charge < -0.3 is 4.74 Å². The summed E-state index contributed by atoms with van der Waals surface area (Å²) >= 11 is 9.23. The zero-order chi connectivity index (χ0) is 13.8. The molecule has 2 rings (SSSR count). The predicted octanol–water partition coefficient (Wildman–Crippen LogP) is 4.24. The lowest BCUT2D eigenvalue weighted by Gasteiger charge is -2.07. The second kappa shape index (κ2) is 6.41. The molecule has 2 aromatic rings. The van der Waals surface area contributed by atoms with Gasteiger partial charge in [-0.05, 0) is 25.1 Å². The van der Waals surface area contributed by atoms with Crippen molar-refractivity contribution >= 4 is 27.5 Å². The van der Waals surface area contributed by atoms with E-state index in [9.17, 15) is 4.39 Å². The SMILES string of the molecule is CCOCc1nc(Cl)cc(-c2cc(Br)ccc2F)n1. The Balaban J connectivity index is 2.43. The van der Waals surface area contributed by atoms with E-state index >= 15 is 0 Å². The molecule has 0 aliphatic heterocycles. The lowest BCUT2D eigenvalue weighted by Crippen LogP contribution is -2.01. The van der Waals surface area contributed by atoms with E-state index in [2.05, 4.69) is 25.9 Å². The van der Waals surface area contributed by atoms with Gasteiger partial charge in [0.2, 0.25) is 0 Å². The van der Waals surface area contributed by atoms with Gasteiger partial charge in [-0.1, -0.05) is 27.5 Å². The van der Waals surface area contributed by atoms with Gasteiger partial charge in [-0.25, -0.2) is 14.4 Å². The molecule has 0 fully saturated rings. The minimum atomic E-state index is -0.361. The molecule has 1 aromatic carbocycles. The first kappa shape index (κ1) is 14.4. The van der Waals surface area contributed by atoms with Crippen molar-refractivity contribution in [2.75, 3.05) is 6.61 Å². The van der Waals surface area contributed by atoms with Gasteiger partial charge in [-0.2, -0.15) is 0 Å². The van der Waals surface area contributed by atoms with E-state index in [1.54, 1.807) is 12.1 Å². The molecule has 0 bridgehead atoms. The highest BCUT2D eigenvalue weighted by atomic mass is 79.9. The van der Waals surface area contributed by atoms with Crippen LogP contribution in [0.3, 0.4) is 0 Å². The second-order valence-corrected chi connectivity index (χ2v) is 5.06. The molecule has 0 aliphatic carbocycles. The molecule has 3 nitrogen and oxygen atoms in total. The lowest BCUT2D eigenvalue weighted by molar-refractivity contribution is 0.128. The first-order valence-corrected chi connectivity index (χ1v) is 6.84. The second-order valence-electron chi connectivity index (χ2n) is 3.75. The molecule has 0 N–H and O–H groups in total. The third kappa shape index (κ3) is 3.72. The number of hydrogen-bond acceptors (Lipinski definition) is 3. The van der Waals surface area contributed by atoms with Crippen molar-refractivity contribution < 1.29 is 9.13 Å². The van der Waals surface area contributed by atoms with Crippen LogP contribution in [-0.2, 0) is 11.3 Å². The Morgan fingerprint density at radius 1 is 1.32 bits per heavy atom. The summed E-state index contributed by atoms with van der Waals surface area (Å²) in [7, 11) is 0. The molecule has 0 radical (unpaired) electrons. The number of halogens is 3. The molecule has 19 heavy (non-hydrogen) atoms. The molecular formula is C13H11BrClFN2O. The van der Waals surface area contributed by atoms with E-state index in [1.165, 1.54) is 12.1 Å². The van der Waals surface area contributed by atoms with Crippen LogP contribution in [-0.4, -0.2) is 16.6 Å². The first-order valence-electron chi connectivity index (χ1n) is 5.66. The van der Waals surface area contributed by atoms with Crippen LogP contribution in [0.15, 0.2) is 28.7 Å². The number of ether oxygens (including phenoxy) is 1. The Hall–Kier alpha value is -1.04. The van der Waals surface area contributed by atoms with Gasteiger partial charge in [-0.3, -0.25) is 0 Å². The fourth-order valence-electron chi connectivity index (χ4n) is 1.55. The van der Waals surface area contributed by atoms with Crippen LogP contribution in [0.25, 0.3) is 11.3 Å². The average Bonchev–Trinajstić information content (AvgIpc) is 2.38. The molecule has 1 aromatic heterocycles.